The number of thioether (sulfide) groups is 1. The van der Waals surface area contributed by atoms with Crippen molar-refractivity contribution in [2.75, 3.05) is 12.4 Å². The predicted molar refractivity (Wildman–Crippen MR) is 110 cm³/mol. The molecule has 3 aromatic carbocycles. The third-order valence-corrected chi connectivity index (χ3v) is 4.99. The molecular formula is C23H18F2O3S. The number of ether oxygens (including phenoxy) is 1. The van der Waals surface area contributed by atoms with Crippen LogP contribution in [0.3, 0.4) is 0 Å². The molecule has 29 heavy (non-hydrogen) atoms. The van der Waals surface area contributed by atoms with E-state index in [1.54, 1.807) is 54.6 Å². The minimum Gasteiger partial charge on any atom is -0.482 e. The van der Waals surface area contributed by atoms with Crippen LogP contribution in [0, 0.1) is 11.6 Å². The summed E-state index contributed by atoms with van der Waals surface area (Å²) in [5.74, 6) is -0.903. The zero-order valence-electron chi connectivity index (χ0n) is 15.3. The Bertz CT molecular complexity index is 969. The molecule has 0 aromatic heterocycles. The number of aliphatic carboxylic acids is 1. The van der Waals surface area contributed by atoms with Crippen LogP contribution in [0.25, 0.3) is 5.57 Å². The summed E-state index contributed by atoms with van der Waals surface area (Å²) in [6.45, 7) is -0.399. The number of rotatable bonds is 8. The molecule has 0 saturated heterocycles. The van der Waals surface area contributed by atoms with E-state index in [0.717, 1.165) is 4.90 Å². The zero-order valence-corrected chi connectivity index (χ0v) is 16.2. The summed E-state index contributed by atoms with van der Waals surface area (Å²) in [6.07, 6.45) is 1.80. The molecule has 0 aliphatic rings. The van der Waals surface area contributed by atoms with E-state index < -0.39 is 24.2 Å². The van der Waals surface area contributed by atoms with Crippen LogP contribution in [0.1, 0.15) is 11.1 Å². The second kappa shape index (κ2) is 9.89. The summed E-state index contributed by atoms with van der Waals surface area (Å²) in [6, 6.07) is 19.6. The second-order valence-electron chi connectivity index (χ2n) is 6.04. The van der Waals surface area contributed by atoms with Crippen molar-refractivity contribution in [1.29, 1.82) is 0 Å². The van der Waals surface area contributed by atoms with E-state index in [2.05, 4.69) is 0 Å². The number of carboxylic acid groups (broad SMARTS) is 1. The van der Waals surface area contributed by atoms with Crippen LogP contribution in [-0.4, -0.2) is 23.4 Å². The van der Waals surface area contributed by atoms with E-state index in [1.165, 1.54) is 23.9 Å². The van der Waals surface area contributed by atoms with Gasteiger partial charge in [0.05, 0.1) is 0 Å². The molecule has 148 valence electrons. The van der Waals surface area contributed by atoms with Gasteiger partial charge in [-0.2, -0.15) is 0 Å². The van der Waals surface area contributed by atoms with Crippen LogP contribution < -0.4 is 4.74 Å². The Balaban J connectivity index is 1.78. The third-order valence-electron chi connectivity index (χ3n) is 4.05. The fraction of sp³-hybridized carbons (Fsp3) is 0.0870. The zero-order chi connectivity index (χ0) is 20.6. The van der Waals surface area contributed by atoms with Gasteiger partial charge >= 0.3 is 5.97 Å². The first-order chi connectivity index (χ1) is 14.0. The molecule has 0 spiro atoms. The lowest BCUT2D eigenvalue weighted by Gasteiger charge is -2.11. The lowest BCUT2D eigenvalue weighted by molar-refractivity contribution is -0.139. The van der Waals surface area contributed by atoms with E-state index in [-0.39, 0.29) is 0 Å². The molecule has 3 nitrogen and oxygen atoms in total. The lowest BCUT2D eigenvalue weighted by Crippen LogP contribution is -2.09. The van der Waals surface area contributed by atoms with Crippen molar-refractivity contribution in [2.24, 2.45) is 0 Å². The molecule has 0 aliphatic heterocycles. The van der Waals surface area contributed by atoms with Gasteiger partial charge in [0, 0.05) is 21.8 Å². The average Bonchev–Trinajstić information content (AvgIpc) is 2.72. The topological polar surface area (TPSA) is 46.5 Å². The van der Waals surface area contributed by atoms with Crippen LogP contribution in [0.2, 0.25) is 0 Å². The van der Waals surface area contributed by atoms with Crippen LogP contribution in [0.5, 0.6) is 5.75 Å². The fourth-order valence-electron chi connectivity index (χ4n) is 2.72. The molecule has 6 heteroatoms. The highest BCUT2D eigenvalue weighted by Gasteiger charge is 2.13. The SMILES string of the molecule is O=C(O)COc1ccc(SCC=C(c2ccccc2F)c2ccccc2F)cc1. The maximum atomic E-state index is 14.4. The smallest absolute Gasteiger partial charge is 0.341 e. The Morgan fingerprint density at radius 1 is 0.897 bits per heavy atom. The summed E-state index contributed by atoms with van der Waals surface area (Å²) in [4.78, 5) is 11.5. The monoisotopic (exact) mass is 412 g/mol. The first kappa shape index (κ1) is 20.6. The molecule has 1 N–H and O–H groups in total. The standard InChI is InChI=1S/C23H18F2O3S/c24-21-7-3-1-5-19(21)18(20-6-2-4-8-22(20)25)13-14-29-17-11-9-16(10-12-17)28-15-23(26)27/h1-13H,14-15H2,(H,26,27). The minimum atomic E-state index is -1.04. The van der Waals surface area contributed by atoms with Gasteiger partial charge in [-0.1, -0.05) is 42.5 Å². The first-order valence-corrected chi connectivity index (χ1v) is 9.80. The highest BCUT2D eigenvalue weighted by Crippen LogP contribution is 2.29. The van der Waals surface area contributed by atoms with Gasteiger partial charge in [0.25, 0.3) is 0 Å². The van der Waals surface area contributed by atoms with E-state index in [0.29, 0.717) is 28.2 Å². The lowest BCUT2D eigenvalue weighted by atomic mass is 9.97. The Kier molecular flexibility index (Phi) is 7.03. The van der Waals surface area contributed by atoms with Gasteiger partial charge in [-0.15, -0.1) is 11.8 Å². The van der Waals surface area contributed by atoms with E-state index in [9.17, 15) is 13.6 Å². The van der Waals surface area contributed by atoms with Gasteiger partial charge in [0.15, 0.2) is 6.61 Å². The largest absolute Gasteiger partial charge is 0.482 e. The average molecular weight is 412 g/mol. The fourth-order valence-corrected chi connectivity index (χ4v) is 3.49. The Hall–Kier alpha value is -3.12. The number of carboxylic acids is 1. The van der Waals surface area contributed by atoms with E-state index in [4.69, 9.17) is 9.84 Å². The molecule has 0 bridgehead atoms. The molecule has 0 aliphatic carbocycles. The summed E-state index contributed by atoms with van der Waals surface area (Å²) in [5, 5.41) is 8.64. The second-order valence-corrected chi connectivity index (χ2v) is 7.14. The summed E-state index contributed by atoms with van der Waals surface area (Å²) >= 11 is 1.49. The van der Waals surface area contributed by atoms with Crippen LogP contribution in [-0.2, 0) is 4.79 Å². The number of hydrogen-bond acceptors (Lipinski definition) is 3. The summed E-state index contributed by atoms with van der Waals surface area (Å²) in [5.41, 5.74) is 1.18. The van der Waals surface area contributed by atoms with Gasteiger partial charge < -0.3 is 9.84 Å². The normalized spacial score (nSPS) is 10.4. The van der Waals surface area contributed by atoms with Gasteiger partial charge in [0.2, 0.25) is 0 Å². The Labute approximate surface area is 171 Å². The van der Waals surface area contributed by atoms with Crippen molar-refractivity contribution >= 4 is 23.3 Å². The molecule has 0 atom stereocenters. The molecule has 0 amide bonds. The Morgan fingerprint density at radius 2 is 1.45 bits per heavy atom. The summed E-state index contributed by atoms with van der Waals surface area (Å²) in [7, 11) is 0. The predicted octanol–water partition coefficient (Wildman–Crippen LogP) is 5.65. The Morgan fingerprint density at radius 3 is 1.97 bits per heavy atom. The van der Waals surface area contributed by atoms with Gasteiger partial charge in [-0.3, -0.25) is 0 Å². The molecular weight excluding hydrogens is 394 g/mol. The van der Waals surface area contributed by atoms with E-state index in [1.807, 2.05) is 12.1 Å². The van der Waals surface area contributed by atoms with Crippen molar-refractivity contribution in [1.82, 2.24) is 0 Å². The quantitative estimate of drug-likeness (QED) is 0.486. The maximum absolute atomic E-state index is 14.4. The summed E-state index contributed by atoms with van der Waals surface area (Å²) < 4.78 is 33.8. The van der Waals surface area contributed by atoms with Crippen molar-refractivity contribution in [3.05, 3.63) is 102 Å². The van der Waals surface area contributed by atoms with Crippen LogP contribution >= 0.6 is 11.8 Å². The number of halogens is 2. The van der Waals surface area contributed by atoms with Gasteiger partial charge in [0.1, 0.15) is 17.4 Å². The van der Waals surface area contributed by atoms with E-state index >= 15 is 0 Å². The molecule has 0 unspecified atom stereocenters. The van der Waals surface area contributed by atoms with Gasteiger partial charge in [-0.05, 0) is 42.0 Å². The highest BCUT2D eigenvalue weighted by molar-refractivity contribution is 7.99. The molecule has 0 heterocycles. The highest BCUT2D eigenvalue weighted by atomic mass is 32.2. The molecule has 0 fully saturated rings. The van der Waals surface area contributed by atoms with Crippen LogP contribution in [0.15, 0.2) is 83.8 Å². The number of benzene rings is 3. The van der Waals surface area contributed by atoms with Crippen molar-refractivity contribution in [3.8, 4) is 5.75 Å². The molecule has 0 saturated carbocycles. The van der Waals surface area contributed by atoms with Crippen molar-refractivity contribution in [2.45, 2.75) is 4.90 Å². The van der Waals surface area contributed by atoms with Gasteiger partial charge in [-0.25, -0.2) is 13.6 Å². The molecule has 3 aromatic rings. The van der Waals surface area contributed by atoms with Crippen molar-refractivity contribution in [3.63, 3.8) is 0 Å². The molecule has 3 rings (SSSR count). The number of carbonyl (C=O) groups is 1. The minimum absolute atomic E-state index is 0.343. The number of hydrogen-bond donors (Lipinski definition) is 1. The third kappa shape index (κ3) is 5.68. The molecule has 0 radical (unpaired) electrons. The van der Waals surface area contributed by atoms with Crippen LogP contribution in [0.4, 0.5) is 8.78 Å². The van der Waals surface area contributed by atoms with Crippen molar-refractivity contribution < 1.29 is 23.4 Å². The first-order valence-electron chi connectivity index (χ1n) is 8.82. The maximum Gasteiger partial charge on any atom is 0.341 e.